The van der Waals surface area contributed by atoms with E-state index in [0.717, 1.165) is 0 Å². The molecule has 0 saturated heterocycles. The van der Waals surface area contributed by atoms with E-state index in [-0.39, 0.29) is 24.9 Å². The molecule has 2 atom stereocenters. The topological polar surface area (TPSA) is 12.0 Å². The fraction of sp³-hybridized carbons (Fsp3) is 1.00. The van der Waals surface area contributed by atoms with Gasteiger partial charge in [0.05, 0.1) is 5.92 Å². The Bertz CT molecular complexity index is 123. The molecule has 1 aliphatic carbocycles. The zero-order valence-electron chi connectivity index (χ0n) is 6.11. The predicted octanol–water partition coefficient (Wildman–Crippen LogP) is 1.97. The van der Waals surface area contributed by atoms with E-state index in [9.17, 15) is 13.2 Å². The van der Waals surface area contributed by atoms with E-state index >= 15 is 0 Å². The Kier molecular flexibility index (Phi) is 3.64. The number of hydrogen-bond donors (Lipinski definition) is 1. The van der Waals surface area contributed by atoms with Crippen LogP contribution in [0.25, 0.3) is 0 Å². The lowest BCUT2D eigenvalue weighted by Crippen LogP contribution is -2.49. The molecule has 0 amide bonds. The second-order valence-electron chi connectivity index (χ2n) is 2.62. The molecule has 0 heterocycles. The van der Waals surface area contributed by atoms with Gasteiger partial charge in [-0.15, -0.1) is 12.4 Å². The van der Waals surface area contributed by atoms with Crippen molar-refractivity contribution < 1.29 is 13.2 Å². The van der Waals surface area contributed by atoms with E-state index in [1.165, 1.54) is 0 Å². The Morgan fingerprint density at radius 3 is 1.91 bits per heavy atom. The van der Waals surface area contributed by atoms with Gasteiger partial charge >= 0.3 is 6.18 Å². The maximum Gasteiger partial charge on any atom is 0.393 e. The minimum atomic E-state index is -3.99. The van der Waals surface area contributed by atoms with Crippen LogP contribution in [0.4, 0.5) is 13.2 Å². The standard InChI is InChI=1S/C6H10F3N.ClH/c1-10-5-3-2-4(5)6(7,8)9;/h4-5,10H,2-3H2,1H3;1H/t4-,5-;/m1./s1. The van der Waals surface area contributed by atoms with Crippen molar-refractivity contribution in [3.05, 3.63) is 0 Å². The first-order chi connectivity index (χ1) is 4.55. The maximum atomic E-state index is 11.9. The number of alkyl halides is 3. The summed E-state index contributed by atoms with van der Waals surface area (Å²) in [7, 11) is 1.57. The predicted molar refractivity (Wildman–Crippen MR) is 38.9 cm³/mol. The lowest BCUT2D eigenvalue weighted by molar-refractivity contribution is -0.202. The smallest absolute Gasteiger partial charge is 0.316 e. The Morgan fingerprint density at radius 1 is 1.27 bits per heavy atom. The van der Waals surface area contributed by atoms with Gasteiger partial charge in [-0.05, 0) is 19.9 Å². The Balaban J connectivity index is 0.000001000. The molecule has 0 spiro atoms. The lowest BCUT2D eigenvalue weighted by atomic mass is 9.79. The summed E-state index contributed by atoms with van der Waals surface area (Å²) < 4.78 is 35.7. The van der Waals surface area contributed by atoms with Gasteiger partial charge in [0.15, 0.2) is 0 Å². The Labute approximate surface area is 69.8 Å². The molecule has 1 fully saturated rings. The molecule has 0 aromatic carbocycles. The summed E-state index contributed by atoms with van der Waals surface area (Å²) in [5, 5.41) is 2.64. The van der Waals surface area contributed by atoms with Crippen LogP contribution < -0.4 is 5.32 Å². The maximum absolute atomic E-state index is 11.9. The van der Waals surface area contributed by atoms with Crippen LogP contribution in [0, 0.1) is 5.92 Å². The first-order valence-corrected chi connectivity index (χ1v) is 3.29. The Morgan fingerprint density at radius 2 is 1.82 bits per heavy atom. The molecule has 0 unspecified atom stereocenters. The summed E-state index contributed by atoms with van der Waals surface area (Å²) in [4.78, 5) is 0. The van der Waals surface area contributed by atoms with Gasteiger partial charge < -0.3 is 5.32 Å². The zero-order chi connectivity index (χ0) is 7.78. The van der Waals surface area contributed by atoms with E-state index in [0.29, 0.717) is 6.42 Å². The lowest BCUT2D eigenvalue weighted by Gasteiger charge is -2.37. The van der Waals surface area contributed by atoms with E-state index in [1.54, 1.807) is 7.05 Å². The van der Waals surface area contributed by atoms with Gasteiger partial charge in [-0.1, -0.05) is 0 Å². The van der Waals surface area contributed by atoms with Gasteiger partial charge in [0.25, 0.3) is 0 Å². The molecule has 0 aromatic rings. The molecule has 0 aliphatic heterocycles. The van der Waals surface area contributed by atoms with Crippen molar-refractivity contribution in [3.63, 3.8) is 0 Å². The summed E-state index contributed by atoms with van der Waals surface area (Å²) in [6.45, 7) is 0. The minimum Gasteiger partial charge on any atom is -0.316 e. The van der Waals surface area contributed by atoms with Crippen LogP contribution in [0.15, 0.2) is 0 Å². The van der Waals surface area contributed by atoms with E-state index in [4.69, 9.17) is 0 Å². The third-order valence-electron chi connectivity index (χ3n) is 2.07. The molecule has 0 radical (unpaired) electrons. The van der Waals surface area contributed by atoms with Crippen molar-refractivity contribution in [2.75, 3.05) is 7.05 Å². The molecule has 0 bridgehead atoms. The van der Waals surface area contributed by atoms with Crippen molar-refractivity contribution >= 4 is 12.4 Å². The van der Waals surface area contributed by atoms with Crippen LogP contribution >= 0.6 is 12.4 Å². The summed E-state index contributed by atoms with van der Waals surface area (Å²) in [5.41, 5.74) is 0. The van der Waals surface area contributed by atoms with Gasteiger partial charge in [-0.3, -0.25) is 0 Å². The highest BCUT2D eigenvalue weighted by molar-refractivity contribution is 5.85. The first-order valence-electron chi connectivity index (χ1n) is 3.29. The zero-order valence-corrected chi connectivity index (χ0v) is 6.93. The van der Waals surface area contributed by atoms with Crippen LogP contribution in [0.5, 0.6) is 0 Å². The normalized spacial score (nSPS) is 30.5. The van der Waals surface area contributed by atoms with Crippen LogP contribution in [0.1, 0.15) is 12.8 Å². The highest BCUT2D eigenvalue weighted by atomic mass is 35.5. The van der Waals surface area contributed by atoms with Crippen molar-refractivity contribution in [2.45, 2.75) is 25.1 Å². The van der Waals surface area contributed by atoms with Gasteiger partial charge in [-0.25, -0.2) is 0 Å². The van der Waals surface area contributed by atoms with Gasteiger partial charge in [-0.2, -0.15) is 13.2 Å². The fourth-order valence-electron chi connectivity index (χ4n) is 1.24. The number of hydrogen-bond acceptors (Lipinski definition) is 1. The van der Waals surface area contributed by atoms with Crippen molar-refractivity contribution in [1.29, 1.82) is 0 Å². The van der Waals surface area contributed by atoms with E-state index < -0.39 is 12.1 Å². The molecule has 0 aromatic heterocycles. The molecule has 5 heteroatoms. The SMILES string of the molecule is CN[C@@H]1CC[C@H]1C(F)(F)F.Cl. The Hall–Kier alpha value is 0.0400. The van der Waals surface area contributed by atoms with Gasteiger partial charge in [0.1, 0.15) is 0 Å². The van der Waals surface area contributed by atoms with Crippen LogP contribution in [-0.4, -0.2) is 19.3 Å². The molecule has 1 nitrogen and oxygen atoms in total. The molecular formula is C6H11ClF3N. The van der Waals surface area contributed by atoms with Crippen molar-refractivity contribution in [1.82, 2.24) is 5.32 Å². The molecule has 1 aliphatic rings. The molecule has 11 heavy (non-hydrogen) atoms. The van der Waals surface area contributed by atoms with Gasteiger partial charge in [0.2, 0.25) is 0 Å². The third kappa shape index (κ3) is 2.24. The average molecular weight is 190 g/mol. The van der Waals surface area contributed by atoms with E-state index in [2.05, 4.69) is 5.32 Å². The second-order valence-corrected chi connectivity index (χ2v) is 2.62. The van der Waals surface area contributed by atoms with Crippen LogP contribution in [0.2, 0.25) is 0 Å². The van der Waals surface area contributed by atoms with Gasteiger partial charge in [0, 0.05) is 6.04 Å². The van der Waals surface area contributed by atoms with Crippen molar-refractivity contribution in [3.8, 4) is 0 Å². The molecule has 1 saturated carbocycles. The van der Waals surface area contributed by atoms with Crippen molar-refractivity contribution in [2.24, 2.45) is 5.92 Å². The summed E-state index contributed by atoms with van der Waals surface area (Å²) in [6.07, 6.45) is -3.05. The highest BCUT2D eigenvalue weighted by Crippen LogP contribution is 2.40. The summed E-state index contributed by atoms with van der Waals surface area (Å²) in [6, 6.07) is -0.333. The number of nitrogens with one attached hydrogen (secondary N) is 1. The number of halogens is 4. The molecular weight excluding hydrogens is 179 g/mol. The largest absolute Gasteiger partial charge is 0.393 e. The third-order valence-corrected chi connectivity index (χ3v) is 2.07. The monoisotopic (exact) mass is 189 g/mol. The fourth-order valence-corrected chi connectivity index (χ4v) is 1.24. The van der Waals surface area contributed by atoms with Crippen LogP contribution in [-0.2, 0) is 0 Å². The van der Waals surface area contributed by atoms with E-state index in [1.807, 2.05) is 0 Å². The first kappa shape index (κ1) is 11.0. The molecule has 1 rings (SSSR count). The molecule has 68 valence electrons. The number of rotatable bonds is 1. The second kappa shape index (κ2) is 3.63. The summed E-state index contributed by atoms with van der Waals surface area (Å²) in [5.74, 6) is -1.10. The molecule has 1 N–H and O–H groups in total. The minimum absolute atomic E-state index is 0. The summed E-state index contributed by atoms with van der Waals surface area (Å²) >= 11 is 0. The highest BCUT2D eigenvalue weighted by Gasteiger charge is 2.49. The quantitative estimate of drug-likeness (QED) is 0.665. The van der Waals surface area contributed by atoms with Crippen LogP contribution in [0.3, 0.4) is 0 Å². The average Bonchev–Trinajstić information content (AvgIpc) is 1.57.